The van der Waals surface area contributed by atoms with E-state index >= 15 is 0 Å². The summed E-state index contributed by atoms with van der Waals surface area (Å²) >= 11 is 0. The minimum atomic E-state index is -3.68. The van der Waals surface area contributed by atoms with Gasteiger partial charge < -0.3 is 4.74 Å². The van der Waals surface area contributed by atoms with E-state index in [9.17, 15) is 13.2 Å². The molecule has 0 atom stereocenters. The number of rotatable bonds is 6. The van der Waals surface area contributed by atoms with E-state index in [1.807, 2.05) is 26.0 Å². The van der Waals surface area contributed by atoms with Crippen LogP contribution in [0.3, 0.4) is 0 Å². The fraction of sp³-hybridized carbons (Fsp3) is 0.136. The fourth-order valence-corrected chi connectivity index (χ4v) is 3.62. The Morgan fingerprint density at radius 3 is 2.07 bits per heavy atom. The highest BCUT2D eigenvalue weighted by Crippen LogP contribution is 2.21. The zero-order chi connectivity index (χ0) is 20.1. The van der Waals surface area contributed by atoms with Crippen LogP contribution >= 0.6 is 0 Å². The minimum absolute atomic E-state index is 0.194. The smallest absolute Gasteiger partial charge is 0.343 e. The highest BCUT2D eigenvalue weighted by atomic mass is 32.2. The van der Waals surface area contributed by atoms with Gasteiger partial charge in [-0.15, -0.1) is 0 Å². The van der Waals surface area contributed by atoms with Gasteiger partial charge in [0.2, 0.25) is 0 Å². The molecule has 0 aliphatic carbocycles. The van der Waals surface area contributed by atoms with E-state index < -0.39 is 16.0 Å². The first-order valence-corrected chi connectivity index (χ1v) is 10.4. The van der Waals surface area contributed by atoms with Gasteiger partial charge in [0.1, 0.15) is 5.75 Å². The predicted octanol–water partition coefficient (Wildman–Crippen LogP) is 4.58. The van der Waals surface area contributed by atoms with Crippen LogP contribution in [0.2, 0.25) is 0 Å². The summed E-state index contributed by atoms with van der Waals surface area (Å²) in [5.74, 6) is -0.134. The zero-order valence-electron chi connectivity index (χ0n) is 15.7. The van der Waals surface area contributed by atoms with Crippen molar-refractivity contribution >= 4 is 21.7 Å². The molecule has 0 fully saturated rings. The molecule has 0 saturated carbocycles. The monoisotopic (exact) mass is 395 g/mol. The van der Waals surface area contributed by atoms with E-state index in [2.05, 4.69) is 4.72 Å². The molecule has 0 aliphatic heterocycles. The van der Waals surface area contributed by atoms with Crippen molar-refractivity contribution in [1.29, 1.82) is 0 Å². The fourth-order valence-electron chi connectivity index (χ4n) is 2.57. The maximum absolute atomic E-state index is 12.5. The molecule has 3 aromatic rings. The van der Waals surface area contributed by atoms with Crippen LogP contribution in [0.5, 0.6) is 5.75 Å². The quantitative estimate of drug-likeness (QED) is 0.490. The number of carbonyl (C=O) groups is 1. The van der Waals surface area contributed by atoms with Gasteiger partial charge in [-0.05, 0) is 67.4 Å². The topological polar surface area (TPSA) is 72.5 Å². The summed E-state index contributed by atoms with van der Waals surface area (Å²) in [7, 11) is -3.68. The maximum atomic E-state index is 12.5. The molecular weight excluding hydrogens is 374 g/mol. The van der Waals surface area contributed by atoms with Crippen molar-refractivity contribution in [1.82, 2.24) is 0 Å². The second-order valence-electron chi connectivity index (χ2n) is 6.38. The first-order valence-electron chi connectivity index (χ1n) is 8.88. The van der Waals surface area contributed by atoms with Gasteiger partial charge in [0, 0.05) is 5.69 Å². The number of esters is 1. The lowest BCUT2D eigenvalue weighted by Crippen LogP contribution is -2.13. The van der Waals surface area contributed by atoms with Crippen LogP contribution in [0.25, 0.3) is 0 Å². The molecule has 0 unspecified atom stereocenters. The molecule has 28 heavy (non-hydrogen) atoms. The first-order chi connectivity index (χ1) is 13.4. The Labute approximate surface area is 165 Å². The number of aryl methyl sites for hydroxylation is 2. The molecular formula is C22H21NO4S. The normalized spacial score (nSPS) is 11.1. The Balaban J connectivity index is 1.68. The van der Waals surface area contributed by atoms with Crippen molar-refractivity contribution in [2.45, 2.75) is 25.2 Å². The largest absolute Gasteiger partial charge is 0.423 e. The molecule has 0 radical (unpaired) electrons. The van der Waals surface area contributed by atoms with Gasteiger partial charge in [0.05, 0.1) is 10.5 Å². The van der Waals surface area contributed by atoms with Crippen LogP contribution in [0.15, 0.2) is 77.7 Å². The summed E-state index contributed by atoms with van der Waals surface area (Å²) in [6.45, 7) is 3.95. The predicted molar refractivity (Wildman–Crippen MR) is 109 cm³/mol. The van der Waals surface area contributed by atoms with Crippen molar-refractivity contribution < 1.29 is 17.9 Å². The van der Waals surface area contributed by atoms with Gasteiger partial charge >= 0.3 is 5.97 Å². The molecule has 0 bridgehead atoms. The van der Waals surface area contributed by atoms with E-state index in [1.54, 1.807) is 60.7 Å². The van der Waals surface area contributed by atoms with Gasteiger partial charge in [0.15, 0.2) is 0 Å². The summed E-state index contributed by atoms with van der Waals surface area (Å²) in [5, 5.41) is 0. The Morgan fingerprint density at radius 2 is 1.50 bits per heavy atom. The SMILES string of the molecule is CCc1ccc(S(=O)(=O)Nc2ccc(OC(=O)c3ccc(C)cc3)cc2)cc1. The number of hydrogen-bond acceptors (Lipinski definition) is 4. The number of nitrogens with one attached hydrogen (secondary N) is 1. The molecule has 0 aromatic heterocycles. The second-order valence-corrected chi connectivity index (χ2v) is 8.07. The number of carbonyl (C=O) groups excluding carboxylic acids is 1. The lowest BCUT2D eigenvalue weighted by molar-refractivity contribution is 0.0734. The second kappa shape index (κ2) is 8.27. The average molecular weight is 395 g/mol. The van der Waals surface area contributed by atoms with Crippen molar-refractivity contribution in [3.63, 3.8) is 0 Å². The van der Waals surface area contributed by atoms with Crippen molar-refractivity contribution in [3.8, 4) is 5.75 Å². The molecule has 0 amide bonds. The third kappa shape index (κ3) is 4.78. The molecule has 5 nitrogen and oxygen atoms in total. The summed E-state index contributed by atoms with van der Waals surface area (Å²) in [6.07, 6.45) is 0.844. The molecule has 0 aliphatic rings. The zero-order valence-corrected chi connectivity index (χ0v) is 16.5. The first kappa shape index (κ1) is 19.6. The van der Waals surface area contributed by atoms with Gasteiger partial charge in [-0.3, -0.25) is 4.72 Å². The molecule has 0 saturated heterocycles. The summed E-state index contributed by atoms with van der Waals surface area (Å²) in [4.78, 5) is 12.3. The molecule has 3 rings (SSSR count). The average Bonchev–Trinajstić information content (AvgIpc) is 2.70. The van der Waals surface area contributed by atoms with Crippen LogP contribution in [-0.4, -0.2) is 14.4 Å². The van der Waals surface area contributed by atoms with Gasteiger partial charge in [-0.2, -0.15) is 0 Å². The molecule has 144 valence electrons. The maximum Gasteiger partial charge on any atom is 0.343 e. The highest BCUT2D eigenvalue weighted by molar-refractivity contribution is 7.92. The number of sulfonamides is 1. The summed E-state index contributed by atoms with van der Waals surface area (Å²) < 4.78 is 32.8. The Hall–Kier alpha value is -3.12. The van der Waals surface area contributed by atoms with Crippen molar-refractivity contribution in [2.75, 3.05) is 4.72 Å². The van der Waals surface area contributed by atoms with E-state index in [-0.39, 0.29) is 4.90 Å². The highest BCUT2D eigenvalue weighted by Gasteiger charge is 2.14. The van der Waals surface area contributed by atoms with Crippen molar-refractivity contribution in [3.05, 3.63) is 89.5 Å². The Kier molecular flexibility index (Phi) is 5.80. The van der Waals surface area contributed by atoms with Gasteiger partial charge in [-0.25, -0.2) is 13.2 Å². The molecule has 0 heterocycles. The molecule has 0 spiro atoms. The molecule has 6 heteroatoms. The van der Waals surface area contributed by atoms with Gasteiger partial charge in [0.25, 0.3) is 10.0 Å². The van der Waals surface area contributed by atoms with E-state index in [0.29, 0.717) is 17.0 Å². The standard InChI is InChI=1S/C22H21NO4S/c1-3-17-6-14-21(15-7-17)28(25,26)23-19-10-12-20(13-11-19)27-22(24)18-8-4-16(2)5-9-18/h4-15,23H,3H2,1-2H3. The number of benzene rings is 3. The molecule has 3 aromatic carbocycles. The van der Waals surface area contributed by atoms with Gasteiger partial charge in [-0.1, -0.05) is 36.8 Å². The lowest BCUT2D eigenvalue weighted by atomic mass is 10.1. The summed E-state index contributed by atoms with van der Waals surface area (Å²) in [6, 6.07) is 20.0. The molecule has 1 N–H and O–H groups in total. The van der Waals surface area contributed by atoms with Crippen LogP contribution in [0.4, 0.5) is 5.69 Å². The van der Waals surface area contributed by atoms with Crippen LogP contribution < -0.4 is 9.46 Å². The van der Waals surface area contributed by atoms with Crippen LogP contribution in [0, 0.1) is 6.92 Å². The number of hydrogen-bond donors (Lipinski definition) is 1. The Bertz CT molecular complexity index is 1060. The third-order valence-corrected chi connectivity index (χ3v) is 5.64. The number of anilines is 1. The lowest BCUT2D eigenvalue weighted by Gasteiger charge is -2.10. The third-order valence-electron chi connectivity index (χ3n) is 4.25. The van der Waals surface area contributed by atoms with E-state index in [0.717, 1.165) is 17.5 Å². The van der Waals surface area contributed by atoms with Crippen molar-refractivity contribution in [2.24, 2.45) is 0 Å². The van der Waals surface area contributed by atoms with E-state index in [4.69, 9.17) is 4.74 Å². The summed E-state index contributed by atoms with van der Waals surface area (Å²) in [5.41, 5.74) is 2.96. The Morgan fingerprint density at radius 1 is 0.893 bits per heavy atom. The van der Waals surface area contributed by atoms with Crippen LogP contribution in [0.1, 0.15) is 28.4 Å². The minimum Gasteiger partial charge on any atom is -0.423 e. The number of ether oxygens (including phenoxy) is 1. The van der Waals surface area contributed by atoms with E-state index in [1.165, 1.54) is 0 Å². The van der Waals surface area contributed by atoms with Crippen LogP contribution in [-0.2, 0) is 16.4 Å².